The maximum atomic E-state index is 12.7. The Morgan fingerprint density at radius 1 is 1.35 bits per heavy atom. The van der Waals surface area contributed by atoms with Crippen LogP contribution in [0, 0.1) is 0 Å². The van der Waals surface area contributed by atoms with E-state index in [0.717, 1.165) is 5.56 Å². The molecule has 1 N–H and O–H groups in total. The van der Waals surface area contributed by atoms with Crippen molar-refractivity contribution >= 4 is 5.97 Å². The maximum absolute atomic E-state index is 12.7. The summed E-state index contributed by atoms with van der Waals surface area (Å²) in [5.41, 5.74) is 0.851. The number of hydrogen-bond donors (Lipinski definition) is 1. The molecule has 0 atom stereocenters. The van der Waals surface area contributed by atoms with Crippen molar-refractivity contribution in [2.75, 3.05) is 6.54 Å². The summed E-state index contributed by atoms with van der Waals surface area (Å²) in [6.07, 6.45) is -1.78. The number of alkyl halides is 2. The average Bonchev–Trinajstić information content (AvgIpc) is 2.37. The number of halogens is 2. The first kappa shape index (κ1) is 16.6. The number of rotatable bonds is 8. The molecule has 1 aromatic carbocycles. The van der Waals surface area contributed by atoms with Crippen molar-refractivity contribution in [2.45, 2.75) is 45.7 Å². The molecular weight excluding hydrogens is 264 g/mol. The second kappa shape index (κ2) is 7.94. The SMILES string of the molecule is CC(C)N(CCCC(=O)O)Cc1cccc(C(F)F)c1. The quantitative estimate of drug-likeness (QED) is 0.791. The van der Waals surface area contributed by atoms with E-state index in [1.54, 1.807) is 6.07 Å². The van der Waals surface area contributed by atoms with E-state index in [9.17, 15) is 13.6 Å². The minimum Gasteiger partial charge on any atom is -0.481 e. The fourth-order valence-corrected chi connectivity index (χ4v) is 2.01. The maximum Gasteiger partial charge on any atom is 0.303 e. The lowest BCUT2D eigenvalue weighted by Gasteiger charge is -2.26. The van der Waals surface area contributed by atoms with Crippen LogP contribution in [-0.4, -0.2) is 28.6 Å². The molecule has 0 amide bonds. The number of benzene rings is 1. The molecule has 0 spiro atoms. The fraction of sp³-hybridized carbons (Fsp3) is 0.533. The van der Waals surface area contributed by atoms with Crippen molar-refractivity contribution in [3.05, 3.63) is 35.4 Å². The number of aliphatic carboxylic acids is 1. The highest BCUT2D eigenvalue weighted by molar-refractivity contribution is 5.66. The molecule has 0 bridgehead atoms. The van der Waals surface area contributed by atoms with Gasteiger partial charge in [-0.05, 0) is 38.4 Å². The van der Waals surface area contributed by atoms with Crippen molar-refractivity contribution < 1.29 is 18.7 Å². The van der Waals surface area contributed by atoms with E-state index in [-0.39, 0.29) is 18.0 Å². The van der Waals surface area contributed by atoms with Gasteiger partial charge in [-0.2, -0.15) is 0 Å². The van der Waals surface area contributed by atoms with E-state index in [4.69, 9.17) is 5.11 Å². The van der Waals surface area contributed by atoms with Crippen molar-refractivity contribution in [3.8, 4) is 0 Å². The minimum atomic E-state index is -2.46. The summed E-state index contributed by atoms with van der Waals surface area (Å²) < 4.78 is 25.3. The van der Waals surface area contributed by atoms with Gasteiger partial charge < -0.3 is 5.11 Å². The normalized spacial score (nSPS) is 11.6. The fourth-order valence-electron chi connectivity index (χ4n) is 2.01. The summed E-state index contributed by atoms with van der Waals surface area (Å²) in [6.45, 7) is 5.22. The standard InChI is InChI=1S/C15H21F2NO2/c1-11(2)18(8-4-7-14(19)20)10-12-5-3-6-13(9-12)15(16)17/h3,5-6,9,11,15H,4,7-8,10H2,1-2H3,(H,19,20). The molecule has 0 unspecified atom stereocenters. The third-order valence-electron chi connectivity index (χ3n) is 3.15. The van der Waals surface area contributed by atoms with Gasteiger partial charge in [0, 0.05) is 24.6 Å². The Labute approximate surface area is 118 Å². The summed E-state index contributed by atoms with van der Waals surface area (Å²) in [4.78, 5) is 12.6. The molecule has 20 heavy (non-hydrogen) atoms. The molecule has 112 valence electrons. The predicted octanol–water partition coefficient (Wildman–Crippen LogP) is 3.70. The highest BCUT2D eigenvalue weighted by Gasteiger charge is 2.13. The van der Waals surface area contributed by atoms with E-state index >= 15 is 0 Å². The molecule has 0 aromatic heterocycles. The largest absolute Gasteiger partial charge is 0.481 e. The van der Waals surface area contributed by atoms with E-state index in [1.807, 2.05) is 19.9 Å². The van der Waals surface area contributed by atoms with Crippen LogP contribution in [0.5, 0.6) is 0 Å². The Balaban J connectivity index is 2.65. The van der Waals surface area contributed by atoms with Gasteiger partial charge in [0.1, 0.15) is 0 Å². The van der Waals surface area contributed by atoms with Gasteiger partial charge in [0.2, 0.25) is 0 Å². The zero-order chi connectivity index (χ0) is 15.1. The first-order valence-electron chi connectivity index (χ1n) is 6.73. The smallest absolute Gasteiger partial charge is 0.303 e. The minimum absolute atomic E-state index is 0.0248. The molecule has 0 fully saturated rings. The molecule has 0 saturated carbocycles. The van der Waals surface area contributed by atoms with Gasteiger partial charge in [0.05, 0.1) is 0 Å². The van der Waals surface area contributed by atoms with Crippen molar-refractivity contribution in [1.29, 1.82) is 0 Å². The molecular formula is C15H21F2NO2. The second-order valence-electron chi connectivity index (χ2n) is 5.11. The van der Waals surface area contributed by atoms with Crippen molar-refractivity contribution in [2.24, 2.45) is 0 Å². The van der Waals surface area contributed by atoms with E-state index in [0.29, 0.717) is 19.5 Å². The highest BCUT2D eigenvalue weighted by Crippen LogP contribution is 2.20. The van der Waals surface area contributed by atoms with Crippen LogP contribution < -0.4 is 0 Å². The third kappa shape index (κ3) is 5.65. The Hall–Kier alpha value is -1.49. The van der Waals surface area contributed by atoms with E-state index in [1.165, 1.54) is 12.1 Å². The van der Waals surface area contributed by atoms with Gasteiger partial charge in [0.25, 0.3) is 6.43 Å². The predicted molar refractivity (Wildman–Crippen MR) is 73.8 cm³/mol. The lowest BCUT2D eigenvalue weighted by Crippen LogP contribution is -2.31. The van der Waals surface area contributed by atoms with Crippen LogP contribution in [0.1, 0.15) is 44.2 Å². The lowest BCUT2D eigenvalue weighted by molar-refractivity contribution is -0.137. The zero-order valence-corrected chi connectivity index (χ0v) is 11.9. The highest BCUT2D eigenvalue weighted by atomic mass is 19.3. The van der Waals surface area contributed by atoms with Crippen molar-refractivity contribution in [1.82, 2.24) is 4.90 Å². The average molecular weight is 285 g/mol. The van der Waals surface area contributed by atoms with Gasteiger partial charge in [-0.3, -0.25) is 9.69 Å². The van der Waals surface area contributed by atoms with Gasteiger partial charge >= 0.3 is 5.97 Å². The molecule has 0 saturated heterocycles. The monoisotopic (exact) mass is 285 g/mol. The molecule has 3 nitrogen and oxygen atoms in total. The zero-order valence-electron chi connectivity index (χ0n) is 11.9. The molecule has 0 heterocycles. The van der Waals surface area contributed by atoms with Crippen LogP contribution >= 0.6 is 0 Å². The summed E-state index contributed by atoms with van der Waals surface area (Å²) in [7, 11) is 0. The van der Waals surface area contributed by atoms with Gasteiger partial charge in [0.15, 0.2) is 0 Å². The van der Waals surface area contributed by atoms with Crippen LogP contribution in [0.2, 0.25) is 0 Å². The summed E-state index contributed by atoms with van der Waals surface area (Å²) in [5.74, 6) is -0.812. The topological polar surface area (TPSA) is 40.5 Å². The molecule has 0 aliphatic heterocycles. The second-order valence-corrected chi connectivity index (χ2v) is 5.11. The van der Waals surface area contributed by atoms with E-state index in [2.05, 4.69) is 4.90 Å². The van der Waals surface area contributed by atoms with Crippen molar-refractivity contribution in [3.63, 3.8) is 0 Å². The number of carboxylic acid groups (broad SMARTS) is 1. The number of hydrogen-bond acceptors (Lipinski definition) is 2. The summed E-state index contributed by atoms with van der Waals surface area (Å²) in [5, 5.41) is 8.65. The van der Waals surface area contributed by atoms with Gasteiger partial charge in [-0.1, -0.05) is 18.2 Å². The number of carboxylic acids is 1. The van der Waals surface area contributed by atoms with Gasteiger partial charge in [-0.15, -0.1) is 0 Å². The molecule has 1 aromatic rings. The Bertz CT molecular complexity index is 436. The molecule has 1 rings (SSSR count). The molecule has 5 heteroatoms. The molecule has 0 aliphatic carbocycles. The Morgan fingerprint density at radius 2 is 2.05 bits per heavy atom. The third-order valence-corrected chi connectivity index (χ3v) is 3.15. The number of nitrogens with zero attached hydrogens (tertiary/aromatic N) is 1. The van der Waals surface area contributed by atoms with E-state index < -0.39 is 12.4 Å². The van der Waals surface area contributed by atoms with Crippen LogP contribution in [0.3, 0.4) is 0 Å². The lowest BCUT2D eigenvalue weighted by atomic mass is 10.1. The van der Waals surface area contributed by atoms with Gasteiger partial charge in [-0.25, -0.2) is 8.78 Å². The Kier molecular flexibility index (Phi) is 6.58. The summed E-state index contributed by atoms with van der Waals surface area (Å²) >= 11 is 0. The molecule has 0 radical (unpaired) electrons. The molecule has 0 aliphatic rings. The summed E-state index contributed by atoms with van der Waals surface area (Å²) in [6, 6.07) is 6.61. The van der Waals surface area contributed by atoms with Crippen LogP contribution in [-0.2, 0) is 11.3 Å². The van der Waals surface area contributed by atoms with Crippen LogP contribution in [0.4, 0.5) is 8.78 Å². The first-order chi connectivity index (χ1) is 9.40. The van der Waals surface area contributed by atoms with Crippen LogP contribution in [0.25, 0.3) is 0 Å². The van der Waals surface area contributed by atoms with Crippen LogP contribution in [0.15, 0.2) is 24.3 Å². The Morgan fingerprint density at radius 3 is 2.60 bits per heavy atom. The first-order valence-corrected chi connectivity index (χ1v) is 6.73. The number of carbonyl (C=O) groups is 1.